The predicted molar refractivity (Wildman–Crippen MR) is 70.3 cm³/mol. The molecule has 1 unspecified atom stereocenters. The summed E-state index contributed by atoms with van der Waals surface area (Å²) in [6.07, 6.45) is 4.19. The van der Waals surface area contributed by atoms with Crippen LogP contribution < -0.4 is 0 Å². The second-order valence-corrected chi connectivity index (χ2v) is 5.56. The molecule has 5 heteroatoms. The highest BCUT2D eigenvalue weighted by Crippen LogP contribution is 2.25. The van der Waals surface area contributed by atoms with E-state index >= 15 is 0 Å². The van der Waals surface area contributed by atoms with Gasteiger partial charge in [-0.25, -0.2) is 4.98 Å². The van der Waals surface area contributed by atoms with Crippen LogP contribution in [0.2, 0.25) is 0 Å². The average Bonchev–Trinajstić information content (AvgIpc) is 2.99. The molecule has 1 atom stereocenters. The first kappa shape index (κ1) is 13.5. The summed E-state index contributed by atoms with van der Waals surface area (Å²) in [7, 11) is 0. The van der Waals surface area contributed by atoms with Gasteiger partial charge in [-0.1, -0.05) is 0 Å². The van der Waals surface area contributed by atoms with Gasteiger partial charge in [0.2, 0.25) is 0 Å². The lowest BCUT2D eigenvalue weighted by Crippen LogP contribution is -2.52. The molecule has 1 fully saturated rings. The van der Waals surface area contributed by atoms with E-state index in [4.69, 9.17) is 0 Å². The fourth-order valence-corrected chi connectivity index (χ4v) is 2.64. The largest absolute Gasteiger partial charge is 0.391 e. The molecule has 0 aromatic carbocycles. The van der Waals surface area contributed by atoms with Crippen molar-refractivity contribution in [1.29, 1.82) is 0 Å². The topological polar surface area (TPSA) is 54.2 Å². The number of aliphatic hydroxyl groups is 1. The van der Waals surface area contributed by atoms with Gasteiger partial charge in [-0.05, 0) is 46.7 Å². The maximum absolute atomic E-state index is 10.5. The highest BCUT2D eigenvalue weighted by Gasteiger charge is 2.36. The minimum absolute atomic E-state index is 0.193. The van der Waals surface area contributed by atoms with Gasteiger partial charge in [-0.2, -0.15) is 5.10 Å². The summed E-state index contributed by atoms with van der Waals surface area (Å²) in [5, 5.41) is 14.7. The molecule has 1 aromatic rings. The second-order valence-electron chi connectivity index (χ2n) is 5.56. The van der Waals surface area contributed by atoms with E-state index in [-0.39, 0.29) is 5.54 Å². The van der Waals surface area contributed by atoms with E-state index in [1.807, 2.05) is 11.6 Å². The Kier molecular flexibility index (Phi) is 4.02. The SMILES string of the molecule is CCn1ncnc1CC(O)C(C)(C)N1CCCC1. The minimum Gasteiger partial charge on any atom is -0.391 e. The molecule has 102 valence electrons. The van der Waals surface area contributed by atoms with Crippen LogP contribution in [0.3, 0.4) is 0 Å². The number of aromatic nitrogens is 3. The molecular weight excluding hydrogens is 228 g/mol. The molecule has 1 aliphatic heterocycles. The van der Waals surface area contributed by atoms with E-state index < -0.39 is 6.10 Å². The Labute approximate surface area is 109 Å². The van der Waals surface area contributed by atoms with Crippen LogP contribution in [-0.2, 0) is 13.0 Å². The molecule has 2 heterocycles. The maximum Gasteiger partial charge on any atom is 0.138 e. The highest BCUT2D eigenvalue weighted by molar-refractivity contribution is 4.97. The van der Waals surface area contributed by atoms with Crippen LogP contribution in [0, 0.1) is 0 Å². The fourth-order valence-electron chi connectivity index (χ4n) is 2.64. The van der Waals surface area contributed by atoms with Crippen molar-refractivity contribution in [3.63, 3.8) is 0 Å². The fraction of sp³-hybridized carbons (Fsp3) is 0.846. The molecule has 18 heavy (non-hydrogen) atoms. The van der Waals surface area contributed by atoms with Gasteiger partial charge < -0.3 is 5.11 Å². The first-order valence-electron chi connectivity index (χ1n) is 6.85. The van der Waals surface area contributed by atoms with Crippen LogP contribution in [0.5, 0.6) is 0 Å². The molecule has 1 aromatic heterocycles. The Morgan fingerprint density at radius 3 is 2.67 bits per heavy atom. The van der Waals surface area contributed by atoms with Gasteiger partial charge in [-0.3, -0.25) is 9.58 Å². The number of aliphatic hydroxyl groups excluding tert-OH is 1. The number of hydrogen-bond acceptors (Lipinski definition) is 4. The summed E-state index contributed by atoms with van der Waals surface area (Å²) in [6, 6.07) is 0. The van der Waals surface area contributed by atoms with E-state index in [1.54, 1.807) is 6.33 Å². The van der Waals surface area contributed by atoms with Crippen molar-refractivity contribution in [1.82, 2.24) is 19.7 Å². The number of hydrogen-bond donors (Lipinski definition) is 1. The monoisotopic (exact) mass is 252 g/mol. The Balaban J connectivity index is 2.04. The van der Waals surface area contributed by atoms with Crippen molar-refractivity contribution in [3.05, 3.63) is 12.2 Å². The first-order valence-corrected chi connectivity index (χ1v) is 6.85. The summed E-state index contributed by atoms with van der Waals surface area (Å²) in [5.41, 5.74) is -0.193. The zero-order chi connectivity index (χ0) is 13.2. The van der Waals surface area contributed by atoms with Gasteiger partial charge in [0.15, 0.2) is 0 Å². The normalized spacial score (nSPS) is 19.3. The van der Waals surface area contributed by atoms with Gasteiger partial charge in [0.25, 0.3) is 0 Å². The predicted octanol–water partition coefficient (Wildman–Crippen LogP) is 1.08. The highest BCUT2D eigenvalue weighted by atomic mass is 16.3. The summed E-state index contributed by atoms with van der Waals surface area (Å²) in [4.78, 5) is 6.62. The molecule has 1 N–H and O–H groups in total. The second kappa shape index (κ2) is 5.36. The molecule has 0 amide bonds. The molecule has 1 aliphatic rings. The molecule has 0 radical (unpaired) electrons. The zero-order valence-electron chi connectivity index (χ0n) is 11.6. The molecule has 0 aliphatic carbocycles. The van der Waals surface area contributed by atoms with Crippen molar-refractivity contribution < 1.29 is 5.11 Å². The van der Waals surface area contributed by atoms with E-state index in [0.717, 1.165) is 25.5 Å². The van der Waals surface area contributed by atoms with Gasteiger partial charge in [0.1, 0.15) is 12.2 Å². The van der Waals surface area contributed by atoms with Gasteiger partial charge in [-0.15, -0.1) is 0 Å². The average molecular weight is 252 g/mol. The van der Waals surface area contributed by atoms with Crippen LogP contribution in [0.1, 0.15) is 39.4 Å². The van der Waals surface area contributed by atoms with E-state index in [0.29, 0.717) is 6.42 Å². The number of aryl methyl sites for hydroxylation is 1. The number of rotatable bonds is 5. The van der Waals surface area contributed by atoms with Crippen LogP contribution in [-0.4, -0.2) is 49.5 Å². The van der Waals surface area contributed by atoms with Gasteiger partial charge in [0, 0.05) is 18.5 Å². The molecule has 0 bridgehead atoms. The van der Waals surface area contributed by atoms with Crippen molar-refractivity contribution >= 4 is 0 Å². The quantitative estimate of drug-likeness (QED) is 0.852. The lowest BCUT2D eigenvalue weighted by Gasteiger charge is -2.39. The Hall–Kier alpha value is -0.940. The van der Waals surface area contributed by atoms with Crippen molar-refractivity contribution in [2.45, 2.75) is 58.2 Å². The first-order chi connectivity index (χ1) is 8.55. The van der Waals surface area contributed by atoms with Crippen molar-refractivity contribution in [2.75, 3.05) is 13.1 Å². The number of likely N-dealkylation sites (tertiary alicyclic amines) is 1. The molecule has 0 spiro atoms. The summed E-state index contributed by atoms with van der Waals surface area (Å²) < 4.78 is 1.85. The molecule has 1 saturated heterocycles. The minimum atomic E-state index is -0.412. The lowest BCUT2D eigenvalue weighted by atomic mass is 9.92. The standard InChI is InChI=1S/C13H24N4O/c1-4-17-12(14-10-15-17)9-11(18)13(2,3)16-7-5-6-8-16/h10-11,18H,4-9H2,1-3H3. The molecule has 0 saturated carbocycles. The van der Waals surface area contributed by atoms with Crippen molar-refractivity contribution in [2.24, 2.45) is 0 Å². The Morgan fingerprint density at radius 1 is 1.39 bits per heavy atom. The lowest BCUT2D eigenvalue weighted by molar-refractivity contribution is 0.00174. The van der Waals surface area contributed by atoms with Crippen LogP contribution in [0.15, 0.2) is 6.33 Å². The summed E-state index contributed by atoms with van der Waals surface area (Å²) >= 11 is 0. The Bertz CT molecular complexity index is 382. The third-order valence-electron chi connectivity index (χ3n) is 4.11. The third-order valence-corrected chi connectivity index (χ3v) is 4.11. The molecule has 5 nitrogen and oxygen atoms in total. The van der Waals surface area contributed by atoms with E-state index in [1.165, 1.54) is 12.8 Å². The van der Waals surface area contributed by atoms with Gasteiger partial charge in [0.05, 0.1) is 6.10 Å². The molecular formula is C13H24N4O. The Morgan fingerprint density at radius 2 is 2.06 bits per heavy atom. The smallest absolute Gasteiger partial charge is 0.138 e. The third kappa shape index (κ3) is 2.57. The molecule has 2 rings (SSSR count). The van der Waals surface area contributed by atoms with Crippen LogP contribution in [0.25, 0.3) is 0 Å². The maximum atomic E-state index is 10.5. The van der Waals surface area contributed by atoms with E-state index in [9.17, 15) is 5.11 Å². The summed E-state index contributed by atoms with van der Waals surface area (Å²) in [6.45, 7) is 9.25. The zero-order valence-corrected chi connectivity index (χ0v) is 11.6. The summed E-state index contributed by atoms with van der Waals surface area (Å²) in [5.74, 6) is 0.872. The van der Waals surface area contributed by atoms with E-state index in [2.05, 4.69) is 28.8 Å². The van der Waals surface area contributed by atoms with Crippen LogP contribution in [0.4, 0.5) is 0 Å². The van der Waals surface area contributed by atoms with Crippen LogP contribution >= 0.6 is 0 Å². The van der Waals surface area contributed by atoms with Gasteiger partial charge >= 0.3 is 0 Å². The number of nitrogens with zero attached hydrogens (tertiary/aromatic N) is 4. The van der Waals surface area contributed by atoms with Crippen molar-refractivity contribution in [3.8, 4) is 0 Å².